The van der Waals surface area contributed by atoms with Gasteiger partial charge in [-0.3, -0.25) is 14.2 Å². The molecule has 11 heteroatoms. The summed E-state index contributed by atoms with van der Waals surface area (Å²) in [6, 6.07) is -1.79. The van der Waals surface area contributed by atoms with E-state index in [1.165, 1.54) is 13.8 Å². The lowest BCUT2D eigenvalue weighted by Gasteiger charge is -2.26. The smallest absolute Gasteiger partial charge is 0.408 e. The second-order valence-electron chi connectivity index (χ2n) is 7.78. The summed E-state index contributed by atoms with van der Waals surface area (Å²) < 4.78 is 28.3. The highest BCUT2D eigenvalue weighted by Gasteiger charge is 2.34. The molecule has 0 aromatic heterocycles. The van der Waals surface area contributed by atoms with Gasteiger partial charge in [0.2, 0.25) is 11.8 Å². The maximum absolute atomic E-state index is 12.7. The summed E-state index contributed by atoms with van der Waals surface area (Å²) in [5, 5.41) is 7.65. The number of ether oxygens (including phenoxy) is 1. The van der Waals surface area contributed by atoms with Crippen molar-refractivity contribution in [3.05, 3.63) is 0 Å². The quantitative estimate of drug-likeness (QED) is 0.389. The van der Waals surface area contributed by atoms with Crippen molar-refractivity contribution in [3.8, 4) is 0 Å². The van der Waals surface area contributed by atoms with Gasteiger partial charge in [0.15, 0.2) is 0 Å². The third kappa shape index (κ3) is 10.4. The summed E-state index contributed by atoms with van der Waals surface area (Å²) in [5.74, 6) is -1.96. The normalized spacial score (nSPS) is 14.9. The molecule has 0 unspecified atom stereocenters. The maximum Gasteiger partial charge on any atom is 0.408 e. The van der Waals surface area contributed by atoms with E-state index in [1.54, 1.807) is 34.6 Å². The molecule has 0 heterocycles. The van der Waals surface area contributed by atoms with Gasteiger partial charge in [-0.05, 0) is 54.9 Å². The van der Waals surface area contributed by atoms with Crippen LogP contribution in [0.15, 0.2) is 0 Å². The average molecular weight is 452 g/mol. The van der Waals surface area contributed by atoms with Gasteiger partial charge in [-0.2, -0.15) is 0 Å². The van der Waals surface area contributed by atoms with E-state index in [-0.39, 0.29) is 13.2 Å². The highest BCUT2D eigenvalue weighted by Crippen LogP contribution is 2.51. The number of alkyl carbamates (subject to hydrolysis) is 1. The Morgan fingerprint density at radius 3 is 1.87 bits per heavy atom. The Bertz CT molecular complexity index is 612. The average Bonchev–Trinajstić information content (AvgIpc) is 2.59. The van der Waals surface area contributed by atoms with Crippen molar-refractivity contribution in [3.63, 3.8) is 0 Å². The third-order valence-electron chi connectivity index (χ3n) is 3.78. The van der Waals surface area contributed by atoms with Gasteiger partial charge in [-0.25, -0.2) is 4.79 Å². The fraction of sp³-hybridized carbons (Fsp3) is 0.842. The topological polar surface area (TPSA) is 132 Å². The minimum Gasteiger partial charge on any atom is -0.444 e. The molecule has 0 radical (unpaired) electrons. The predicted octanol–water partition coefficient (Wildman–Crippen LogP) is 2.91. The van der Waals surface area contributed by atoms with E-state index in [4.69, 9.17) is 13.8 Å². The first-order valence-electron chi connectivity index (χ1n) is 10.3. The van der Waals surface area contributed by atoms with Crippen LogP contribution in [-0.2, 0) is 27.9 Å². The predicted molar refractivity (Wildman–Crippen MR) is 114 cm³/mol. The van der Waals surface area contributed by atoms with Crippen LogP contribution < -0.4 is 16.0 Å². The molecule has 176 valence electrons. The molecule has 10 nitrogen and oxygen atoms in total. The fourth-order valence-electron chi connectivity index (χ4n) is 2.42. The number of carbonyl (C=O) groups excluding carboxylic acids is 3. The molecular formula is C19H38N3O7P. The molecule has 3 atom stereocenters. The van der Waals surface area contributed by atoms with Crippen LogP contribution in [0.5, 0.6) is 0 Å². The molecule has 0 saturated carbocycles. The van der Waals surface area contributed by atoms with Crippen LogP contribution in [0.4, 0.5) is 4.79 Å². The molecule has 0 aliphatic carbocycles. The summed E-state index contributed by atoms with van der Waals surface area (Å²) in [7, 11) is -3.53. The van der Waals surface area contributed by atoms with Gasteiger partial charge in [0.05, 0.1) is 13.2 Å². The lowest BCUT2D eigenvalue weighted by molar-refractivity contribution is -0.129. The zero-order valence-corrected chi connectivity index (χ0v) is 20.3. The van der Waals surface area contributed by atoms with E-state index in [0.717, 1.165) is 0 Å². The molecule has 3 amide bonds. The van der Waals surface area contributed by atoms with Crippen LogP contribution in [0.1, 0.15) is 68.2 Å². The van der Waals surface area contributed by atoms with Gasteiger partial charge >= 0.3 is 13.7 Å². The van der Waals surface area contributed by atoms with Gasteiger partial charge in [-0.15, -0.1) is 0 Å². The van der Waals surface area contributed by atoms with E-state index in [1.807, 2.05) is 6.92 Å². The van der Waals surface area contributed by atoms with E-state index >= 15 is 0 Å². The zero-order chi connectivity index (χ0) is 23.5. The molecule has 0 fully saturated rings. The van der Waals surface area contributed by atoms with Gasteiger partial charge < -0.3 is 29.7 Å². The van der Waals surface area contributed by atoms with Crippen LogP contribution >= 0.6 is 7.60 Å². The molecule has 0 saturated heterocycles. The molecule has 3 N–H and O–H groups in total. The molecule has 0 aromatic carbocycles. The molecule has 0 rings (SSSR count). The highest BCUT2D eigenvalue weighted by atomic mass is 31.2. The largest absolute Gasteiger partial charge is 0.444 e. The monoisotopic (exact) mass is 451 g/mol. The van der Waals surface area contributed by atoms with Crippen LogP contribution in [0.25, 0.3) is 0 Å². The minimum atomic E-state index is -3.53. The summed E-state index contributed by atoms with van der Waals surface area (Å²) >= 11 is 0. The minimum absolute atomic E-state index is 0.165. The number of rotatable bonds is 12. The SMILES string of the molecule is CCC[C@H](NC(=O)OC(C)(C)C)C(=O)N[C@@H](C)C(=O)N[C@H](C)P(=O)(OCC)OCC. The van der Waals surface area contributed by atoms with Crippen molar-refractivity contribution in [2.75, 3.05) is 13.2 Å². The molecule has 0 aromatic rings. The Labute approximate surface area is 179 Å². The summed E-state index contributed by atoms with van der Waals surface area (Å²) in [5.41, 5.74) is -0.699. The third-order valence-corrected chi connectivity index (χ3v) is 6.09. The van der Waals surface area contributed by atoms with Crippen molar-refractivity contribution in [1.82, 2.24) is 16.0 Å². The molecule has 0 bridgehead atoms. The van der Waals surface area contributed by atoms with Gasteiger partial charge in [-0.1, -0.05) is 13.3 Å². The molecule has 0 aliphatic rings. The number of amides is 3. The Morgan fingerprint density at radius 2 is 1.43 bits per heavy atom. The second kappa shape index (κ2) is 12.9. The van der Waals surface area contributed by atoms with Crippen LogP contribution in [0.2, 0.25) is 0 Å². The Morgan fingerprint density at radius 1 is 0.900 bits per heavy atom. The number of carbonyl (C=O) groups is 3. The van der Waals surface area contributed by atoms with Crippen molar-refractivity contribution < 1.29 is 32.7 Å². The van der Waals surface area contributed by atoms with E-state index in [0.29, 0.717) is 12.8 Å². The summed E-state index contributed by atoms with van der Waals surface area (Å²) in [6.45, 7) is 13.7. The summed E-state index contributed by atoms with van der Waals surface area (Å²) in [4.78, 5) is 37.0. The van der Waals surface area contributed by atoms with Crippen molar-refractivity contribution in [1.29, 1.82) is 0 Å². The zero-order valence-electron chi connectivity index (χ0n) is 19.4. The maximum atomic E-state index is 12.7. The standard InChI is InChI=1S/C19H38N3O7P/c1-9-12-15(22-18(25)29-19(6,7)8)17(24)20-13(4)16(23)21-14(5)30(26,27-10-2)28-11-3/h13-15H,9-12H2,1-8H3,(H,20,24)(H,21,23)(H,22,25)/t13-,14-,15-/m0/s1. The van der Waals surface area contributed by atoms with Crippen molar-refractivity contribution in [2.45, 2.75) is 91.7 Å². The van der Waals surface area contributed by atoms with Gasteiger partial charge in [0.1, 0.15) is 23.5 Å². The van der Waals surface area contributed by atoms with Crippen molar-refractivity contribution in [2.24, 2.45) is 0 Å². The van der Waals surface area contributed by atoms with E-state index in [9.17, 15) is 18.9 Å². The lowest BCUT2D eigenvalue weighted by atomic mass is 10.1. The van der Waals surface area contributed by atoms with Crippen LogP contribution in [0, 0.1) is 0 Å². The first kappa shape index (κ1) is 28.4. The van der Waals surface area contributed by atoms with Crippen LogP contribution in [-0.4, -0.2) is 54.6 Å². The Hall–Kier alpha value is -1.64. The van der Waals surface area contributed by atoms with E-state index < -0.39 is 49.0 Å². The molecule has 0 aliphatic heterocycles. The molecule has 0 spiro atoms. The fourth-order valence-corrected chi connectivity index (χ4v) is 3.94. The van der Waals surface area contributed by atoms with Gasteiger partial charge in [0.25, 0.3) is 0 Å². The molecule has 30 heavy (non-hydrogen) atoms. The van der Waals surface area contributed by atoms with Crippen molar-refractivity contribution >= 4 is 25.5 Å². The first-order valence-corrected chi connectivity index (χ1v) is 11.9. The number of nitrogens with one attached hydrogen (secondary N) is 3. The molecular weight excluding hydrogens is 413 g/mol. The second-order valence-corrected chi connectivity index (χ2v) is 10.1. The highest BCUT2D eigenvalue weighted by molar-refractivity contribution is 7.54. The van der Waals surface area contributed by atoms with E-state index in [2.05, 4.69) is 16.0 Å². The Balaban J connectivity index is 4.98. The Kier molecular flexibility index (Phi) is 12.2. The van der Waals surface area contributed by atoms with Crippen LogP contribution in [0.3, 0.4) is 0 Å². The summed E-state index contributed by atoms with van der Waals surface area (Å²) in [6.07, 6.45) is 0.299. The first-order chi connectivity index (χ1) is 13.8. The van der Waals surface area contributed by atoms with Gasteiger partial charge in [0, 0.05) is 0 Å². The lowest BCUT2D eigenvalue weighted by Crippen LogP contribution is -2.54. The number of hydrogen-bond acceptors (Lipinski definition) is 7. The number of hydrogen-bond donors (Lipinski definition) is 3.